The fourth-order valence-corrected chi connectivity index (χ4v) is 1.88. The second kappa shape index (κ2) is 6.06. The lowest BCUT2D eigenvalue weighted by molar-refractivity contribution is 0.397. The van der Waals surface area contributed by atoms with Gasteiger partial charge in [-0.05, 0) is 39.9 Å². The maximum absolute atomic E-state index is 6.00. The first-order chi connectivity index (χ1) is 9.11. The number of rotatable bonds is 7. The van der Waals surface area contributed by atoms with E-state index in [9.17, 15) is 0 Å². The minimum absolute atomic E-state index is 0.479. The molecule has 1 heterocycles. The van der Waals surface area contributed by atoms with Crippen LogP contribution < -0.4 is 15.8 Å². The molecule has 0 aromatic carbocycles. The summed E-state index contributed by atoms with van der Waals surface area (Å²) >= 11 is 0. The molecule has 1 aromatic heterocycles. The van der Waals surface area contributed by atoms with Gasteiger partial charge in [0.2, 0.25) is 5.88 Å². The van der Waals surface area contributed by atoms with Crippen LogP contribution in [-0.4, -0.2) is 49.2 Å². The second-order valence-corrected chi connectivity index (χ2v) is 5.21. The van der Waals surface area contributed by atoms with Crippen LogP contribution in [-0.2, 0) is 0 Å². The van der Waals surface area contributed by atoms with Crippen LogP contribution in [0.25, 0.3) is 0 Å². The average Bonchev–Trinajstić information content (AvgIpc) is 3.20. The van der Waals surface area contributed by atoms with Crippen LogP contribution in [0, 0.1) is 0 Å². The third kappa shape index (κ3) is 3.70. The van der Waals surface area contributed by atoms with E-state index in [1.165, 1.54) is 0 Å². The smallest absolute Gasteiger partial charge is 0.242 e. The van der Waals surface area contributed by atoms with Gasteiger partial charge >= 0.3 is 0 Å². The van der Waals surface area contributed by atoms with Crippen molar-refractivity contribution in [2.45, 2.75) is 25.2 Å². The summed E-state index contributed by atoms with van der Waals surface area (Å²) in [5, 5.41) is 3.28. The van der Waals surface area contributed by atoms with E-state index in [-0.39, 0.29) is 0 Å². The van der Waals surface area contributed by atoms with E-state index in [1.54, 1.807) is 7.11 Å². The molecule has 0 saturated heterocycles. The standard InChI is InChI=1S/C13H23N5O/c1-18(2)8-4-7-15-12-10(14)13(19-3)17-11(16-12)9-5-6-9/h9H,4-8,14H2,1-3H3,(H,15,16,17). The van der Waals surface area contributed by atoms with E-state index < -0.39 is 0 Å². The lowest BCUT2D eigenvalue weighted by Gasteiger charge is -2.13. The lowest BCUT2D eigenvalue weighted by atomic mass is 10.3. The predicted octanol–water partition coefficient (Wildman–Crippen LogP) is 1.31. The topological polar surface area (TPSA) is 76.3 Å². The predicted molar refractivity (Wildman–Crippen MR) is 76.6 cm³/mol. The van der Waals surface area contributed by atoms with E-state index in [1.807, 2.05) is 0 Å². The van der Waals surface area contributed by atoms with E-state index in [2.05, 4.69) is 34.3 Å². The van der Waals surface area contributed by atoms with E-state index >= 15 is 0 Å². The fraction of sp³-hybridized carbons (Fsp3) is 0.692. The van der Waals surface area contributed by atoms with Gasteiger partial charge in [-0.2, -0.15) is 4.98 Å². The van der Waals surface area contributed by atoms with Crippen LogP contribution in [0.4, 0.5) is 11.5 Å². The van der Waals surface area contributed by atoms with Crippen LogP contribution in [0.5, 0.6) is 5.88 Å². The van der Waals surface area contributed by atoms with Crippen LogP contribution in [0.1, 0.15) is 31.0 Å². The molecule has 6 heteroatoms. The van der Waals surface area contributed by atoms with Crippen LogP contribution in [0.15, 0.2) is 0 Å². The average molecular weight is 265 g/mol. The summed E-state index contributed by atoms with van der Waals surface area (Å²) in [6.07, 6.45) is 3.36. The molecule has 0 radical (unpaired) electrons. The molecule has 106 valence electrons. The van der Waals surface area contributed by atoms with Crippen molar-refractivity contribution in [1.82, 2.24) is 14.9 Å². The first kappa shape index (κ1) is 13.9. The number of methoxy groups -OCH3 is 1. The van der Waals surface area contributed by atoms with Crippen molar-refractivity contribution < 1.29 is 4.74 Å². The molecule has 0 atom stereocenters. The van der Waals surface area contributed by atoms with Crippen molar-refractivity contribution in [2.24, 2.45) is 0 Å². The van der Waals surface area contributed by atoms with Crippen molar-refractivity contribution in [3.8, 4) is 5.88 Å². The molecule has 0 bridgehead atoms. The molecule has 6 nitrogen and oxygen atoms in total. The highest BCUT2D eigenvalue weighted by Gasteiger charge is 2.28. The SMILES string of the molecule is COc1nc(C2CC2)nc(NCCCN(C)C)c1N. The van der Waals surface area contributed by atoms with Gasteiger partial charge in [-0.15, -0.1) is 0 Å². The molecular formula is C13H23N5O. The quantitative estimate of drug-likeness (QED) is 0.724. The minimum Gasteiger partial charge on any atom is -0.479 e. The van der Waals surface area contributed by atoms with E-state index in [4.69, 9.17) is 10.5 Å². The summed E-state index contributed by atoms with van der Waals surface area (Å²) in [5.74, 6) is 2.51. The summed E-state index contributed by atoms with van der Waals surface area (Å²) in [6, 6.07) is 0. The highest BCUT2D eigenvalue weighted by Crippen LogP contribution is 2.40. The van der Waals surface area contributed by atoms with Crippen LogP contribution in [0.2, 0.25) is 0 Å². The van der Waals surface area contributed by atoms with Gasteiger partial charge in [-0.3, -0.25) is 0 Å². The summed E-state index contributed by atoms with van der Waals surface area (Å²) in [5.41, 5.74) is 6.50. The molecule has 19 heavy (non-hydrogen) atoms. The zero-order valence-electron chi connectivity index (χ0n) is 11.9. The molecule has 2 rings (SSSR count). The summed E-state index contributed by atoms with van der Waals surface area (Å²) in [7, 11) is 5.71. The van der Waals surface area contributed by atoms with Gasteiger partial charge < -0.3 is 20.7 Å². The Balaban J connectivity index is 2.03. The number of nitrogen functional groups attached to an aromatic ring is 1. The Labute approximate surface area is 114 Å². The first-order valence-electron chi connectivity index (χ1n) is 6.71. The molecular weight excluding hydrogens is 242 g/mol. The minimum atomic E-state index is 0.479. The summed E-state index contributed by atoms with van der Waals surface area (Å²) in [6.45, 7) is 1.87. The monoisotopic (exact) mass is 265 g/mol. The molecule has 1 aliphatic rings. The highest BCUT2D eigenvalue weighted by molar-refractivity contribution is 5.67. The van der Waals surface area contributed by atoms with Crippen molar-refractivity contribution in [3.05, 3.63) is 5.82 Å². The van der Waals surface area contributed by atoms with Gasteiger partial charge in [0.15, 0.2) is 5.82 Å². The molecule has 0 unspecified atom stereocenters. The van der Waals surface area contributed by atoms with Crippen molar-refractivity contribution >= 4 is 11.5 Å². The van der Waals surface area contributed by atoms with Gasteiger partial charge in [-0.1, -0.05) is 0 Å². The Morgan fingerprint density at radius 3 is 2.68 bits per heavy atom. The number of nitrogens with two attached hydrogens (primary N) is 1. The molecule has 1 aromatic rings. The Morgan fingerprint density at radius 1 is 1.37 bits per heavy atom. The molecule has 1 fully saturated rings. The van der Waals surface area contributed by atoms with Crippen LogP contribution in [0.3, 0.4) is 0 Å². The fourth-order valence-electron chi connectivity index (χ4n) is 1.88. The second-order valence-electron chi connectivity index (χ2n) is 5.21. The normalized spacial score (nSPS) is 14.7. The number of anilines is 2. The number of nitrogens with one attached hydrogen (secondary N) is 1. The Kier molecular flexibility index (Phi) is 4.42. The van der Waals surface area contributed by atoms with Crippen molar-refractivity contribution in [1.29, 1.82) is 0 Å². The number of nitrogens with zero attached hydrogens (tertiary/aromatic N) is 3. The number of hydrogen-bond donors (Lipinski definition) is 2. The van der Waals surface area contributed by atoms with Crippen molar-refractivity contribution in [3.63, 3.8) is 0 Å². The largest absolute Gasteiger partial charge is 0.479 e. The highest BCUT2D eigenvalue weighted by atomic mass is 16.5. The Morgan fingerprint density at radius 2 is 2.11 bits per heavy atom. The zero-order valence-corrected chi connectivity index (χ0v) is 11.9. The van der Waals surface area contributed by atoms with Gasteiger partial charge in [-0.25, -0.2) is 4.98 Å². The molecule has 3 N–H and O–H groups in total. The Hall–Kier alpha value is -1.56. The maximum atomic E-state index is 6.00. The first-order valence-corrected chi connectivity index (χ1v) is 6.71. The third-order valence-corrected chi connectivity index (χ3v) is 3.14. The molecule has 0 spiro atoms. The Bertz CT molecular complexity index is 431. The third-order valence-electron chi connectivity index (χ3n) is 3.14. The zero-order chi connectivity index (χ0) is 13.8. The number of aromatic nitrogens is 2. The lowest BCUT2D eigenvalue weighted by Crippen LogP contribution is -2.17. The molecule has 1 aliphatic carbocycles. The molecule has 1 saturated carbocycles. The van der Waals surface area contributed by atoms with Gasteiger partial charge in [0.05, 0.1) is 7.11 Å². The summed E-state index contributed by atoms with van der Waals surface area (Å²) in [4.78, 5) is 11.0. The molecule has 0 aliphatic heterocycles. The molecule has 0 amide bonds. The number of hydrogen-bond acceptors (Lipinski definition) is 6. The van der Waals surface area contributed by atoms with Gasteiger partial charge in [0.25, 0.3) is 0 Å². The van der Waals surface area contributed by atoms with Crippen molar-refractivity contribution in [2.75, 3.05) is 45.3 Å². The maximum Gasteiger partial charge on any atom is 0.242 e. The van der Waals surface area contributed by atoms with Gasteiger partial charge in [0.1, 0.15) is 11.5 Å². The van der Waals surface area contributed by atoms with Crippen LogP contribution >= 0.6 is 0 Å². The van der Waals surface area contributed by atoms with E-state index in [0.29, 0.717) is 23.3 Å². The number of ether oxygens (including phenoxy) is 1. The van der Waals surface area contributed by atoms with E-state index in [0.717, 1.165) is 38.2 Å². The van der Waals surface area contributed by atoms with Gasteiger partial charge in [0, 0.05) is 12.5 Å². The summed E-state index contributed by atoms with van der Waals surface area (Å²) < 4.78 is 5.22.